The van der Waals surface area contributed by atoms with Crippen LogP contribution in [0.1, 0.15) is 26.7 Å². The molecular formula is C15H24N4O3. The highest BCUT2D eigenvalue weighted by molar-refractivity contribution is 5.97. The lowest BCUT2D eigenvalue weighted by Gasteiger charge is -2.30. The number of ether oxygens (including phenoxy) is 1. The summed E-state index contributed by atoms with van der Waals surface area (Å²) in [7, 11) is 0. The molecule has 0 unspecified atom stereocenters. The molecule has 1 heterocycles. The molecule has 7 nitrogen and oxygen atoms in total. The van der Waals surface area contributed by atoms with Gasteiger partial charge in [0.25, 0.3) is 5.91 Å². The van der Waals surface area contributed by atoms with Gasteiger partial charge in [-0.25, -0.2) is 4.79 Å². The molecule has 0 bridgehead atoms. The average molecular weight is 308 g/mol. The zero-order valence-corrected chi connectivity index (χ0v) is 13.2. The van der Waals surface area contributed by atoms with Gasteiger partial charge in [-0.2, -0.15) is 5.26 Å². The van der Waals surface area contributed by atoms with E-state index < -0.39 is 6.09 Å². The van der Waals surface area contributed by atoms with E-state index in [-0.39, 0.29) is 31.2 Å². The number of nitriles is 1. The van der Waals surface area contributed by atoms with E-state index in [0.29, 0.717) is 19.0 Å². The third-order valence-corrected chi connectivity index (χ3v) is 3.58. The summed E-state index contributed by atoms with van der Waals surface area (Å²) in [6, 6.07) is 1.88. The first-order chi connectivity index (χ1) is 10.5. The van der Waals surface area contributed by atoms with Crippen LogP contribution in [-0.4, -0.2) is 54.6 Å². The predicted octanol–water partition coefficient (Wildman–Crippen LogP) is 1.07. The maximum absolute atomic E-state index is 12.4. The first-order valence-electron chi connectivity index (χ1n) is 7.58. The lowest BCUT2D eigenvalue weighted by atomic mass is 9.99. The molecule has 2 N–H and O–H groups in total. The van der Waals surface area contributed by atoms with Crippen molar-refractivity contribution in [1.29, 1.82) is 5.26 Å². The summed E-state index contributed by atoms with van der Waals surface area (Å²) in [4.78, 5) is 27.0. The average Bonchev–Trinajstić information content (AvgIpc) is 2.51. The molecule has 0 spiro atoms. The van der Waals surface area contributed by atoms with E-state index in [1.54, 1.807) is 11.8 Å². The number of carbonyl (C=O) groups is 2. The quantitative estimate of drug-likeness (QED) is 0.605. The molecule has 1 fully saturated rings. The van der Waals surface area contributed by atoms with Gasteiger partial charge < -0.3 is 15.4 Å². The summed E-state index contributed by atoms with van der Waals surface area (Å²) in [5.74, 6) is 0.243. The van der Waals surface area contributed by atoms with Gasteiger partial charge >= 0.3 is 6.09 Å². The van der Waals surface area contributed by atoms with E-state index in [2.05, 4.69) is 6.92 Å². The topological polar surface area (TPSA) is 99.7 Å². The standard InChI is InChI=1S/C15H24N4O3/c1-3-22-15(21)19(9-6-16)11-13(10-17)14(20)18-7-4-12(2)5-8-18/h11-12H,3-9,16H2,1-2H3/b13-11-. The molecule has 1 aliphatic heterocycles. The molecule has 1 saturated heterocycles. The van der Waals surface area contributed by atoms with Crippen LogP contribution in [0.3, 0.4) is 0 Å². The maximum Gasteiger partial charge on any atom is 0.413 e. The molecule has 0 aromatic rings. The minimum Gasteiger partial charge on any atom is -0.449 e. The Morgan fingerprint density at radius 1 is 1.45 bits per heavy atom. The molecule has 0 saturated carbocycles. The van der Waals surface area contributed by atoms with Gasteiger partial charge in [0.15, 0.2) is 0 Å². The Balaban J connectivity index is 2.84. The second-order valence-corrected chi connectivity index (χ2v) is 5.31. The molecule has 0 radical (unpaired) electrons. The fourth-order valence-corrected chi connectivity index (χ4v) is 2.22. The van der Waals surface area contributed by atoms with Gasteiger partial charge in [-0.1, -0.05) is 6.92 Å². The monoisotopic (exact) mass is 308 g/mol. The lowest BCUT2D eigenvalue weighted by Crippen LogP contribution is -2.39. The Kier molecular flexibility index (Phi) is 7.40. The fourth-order valence-electron chi connectivity index (χ4n) is 2.22. The van der Waals surface area contributed by atoms with Crippen LogP contribution in [0, 0.1) is 17.2 Å². The number of nitrogens with zero attached hydrogens (tertiary/aromatic N) is 3. The second kappa shape index (κ2) is 9.05. The van der Waals surface area contributed by atoms with Crippen LogP contribution in [-0.2, 0) is 9.53 Å². The smallest absolute Gasteiger partial charge is 0.413 e. The number of nitrogens with two attached hydrogens (primary N) is 1. The summed E-state index contributed by atoms with van der Waals surface area (Å²) in [5.41, 5.74) is 5.38. The highest BCUT2D eigenvalue weighted by Crippen LogP contribution is 2.18. The van der Waals surface area contributed by atoms with Gasteiger partial charge in [0.05, 0.1) is 6.61 Å². The number of hydrogen-bond donors (Lipinski definition) is 1. The molecular weight excluding hydrogens is 284 g/mol. The molecule has 7 heteroatoms. The number of amides is 2. The van der Waals surface area contributed by atoms with Gasteiger partial charge in [0.2, 0.25) is 0 Å². The normalized spacial score (nSPS) is 16.1. The minimum atomic E-state index is -0.610. The molecule has 2 amide bonds. The zero-order valence-electron chi connectivity index (χ0n) is 13.2. The third kappa shape index (κ3) is 5.04. The van der Waals surface area contributed by atoms with Gasteiger partial charge in [0, 0.05) is 32.4 Å². The van der Waals surface area contributed by atoms with Gasteiger partial charge in [0.1, 0.15) is 11.6 Å². The van der Waals surface area contributed by atoms with E-state index in [0.717, 1.165) is 12.8 Å². The molecule has 0 aromatic carbocycles. The van der Waals surface area contributed by atoms with Crippen molar-refractivity contribution < 1.29 is 14.3 Å². The number of hydrogen-bond acceptors (Lipinski definition) is 5. The van der Waals surface area contributed by atoms with Crippen molar-refractivity contribution in [3.63, 3.8) is 0 Å². The highest BCUT2D eigenvalue weighted by Gasteiger charge is 2.24. The molecule has 0 atom stereocenters. The Morgan fingerprint density at radius 3 is 2.59 bits per heavy atom. The summed E-state index contributed by atoms with van der Waals surface area (Å²) >= 11 is 0. The van der Waals surface area contributed by atoms with Gasteiger partial charge in [-0.05, 0) is 25.7 Å². The van der Waals surface area contributed by atoms with Crippen LogP contribution in [0.2, 0.25) is 0 Å². The van der Waals surface area contributed by atoms with Crippen LogP contribution < -0.4 is 5.73 Å². The van der Waals surface area contributed by atoms with Crippen LogP contribution in [0.4, 0.5) is 4.79 Å². The maximum atomic E-state index is 12.4. The van der Waals surface area contributed by atoms with Crippen molar-refractivity contribution in [2.75, 3.05) is 32.8 Å². The van der Waals surface area contributed by atoms with E-state index in [1.165, 1.54) is 11.1 Å². The fraction of sp³-hybridized carbons (Fsp3) is 0.667. The molecule has 22 heavy (non-hydrogen) atoms. The number of piperidine rings is 1. The van der Waals surface area contributed by atoms with Crippen LogP contribution in [0.15, 0.2) is 11.8 Å². The molecule has 1 aliphatic rings. The summed E-state index contributed by atoms with van der Waals surface area (Å²) in [6.07, 6.45) is 2.48. The third-order valence-electron chi connectivity index (χ3n) is 3.58. The molecule has 0 aromatic heterocycles. The van der Waals surface area contributed by atoms with Crippen molar-refractivity contribution >= 4 is 12.0 Å². The zero-order chi connectivity index (χ0) is 16.5. The van der Waals surface area contributed by atoms with E-state index in [4.69, 9.17) is 10.5 Å². The van der Waals surface area contributed by atoms with Crippen molar-refractivity contribution in [1.82, 2.24) is 9.80 Å². The molecule has 0 aliphatic carbocycles. The molecule has 122 valence electrons. The first-order valence-corrected chi connectivity index (χ1v) is 7.58. The van der Waals surface area contributed by atoms with Crippen molar-refractivity contribution in [3.8, 4) is 6.07 Å². The first kappa shape index (κ1) is 18.0. The summed E-state index contributed by atoms with van der Waals surface area (Å²) in [5, 5.41) is 9.23. The predicted molar refractivity (Wildman–Crippen MR) is 81.5 cm³/mol. The lowest BCUT2D eigenvalue weighted by molar-refractivity contribution is -0.128. The van der Waals surface area contributed by atoms with Crippen LogP contribution >= 0.6 is 0 Å². The Bertz CT molecular complexity index is 462. The number of carbonyl (C=O) groups excluding carboxylic acids is 2. The number of likely N-dealkylation sites (tertiary alicyclic amines) is 1. The number of rotatable bonds is 5. The van der Waals surface area contributed by atoms with Gasteiger partial charge in [-0.3, -0.25) is 9.69 Å². The van der Waals surface area contributed by atoms with Crippen molar-refractivity contribution in [2.45, 2.75) is 26.7 Å². The van der Waals surface area contributed by atoms with E-state index in [1.807, 2.05) is 6.07 Å². The largest absolute Gasteiger partial charge is 0.449 e. The summed E-state index contributed by atoms with van der Waals surface area (Å²) in [6.45, 7) is 5.72. The highest BCUT2D eigenvalue weighted by atomic mass is 16.6. The molecule has 1 rings (SSSR count). The Labute approximate surface area is 131 Å². The Hall–Kier alpha value is -2.07. The van der Waals surface area contributed by atoms with Crippen molar-refractivity contribution in [2.24, 2.45) is 11.7 Å². The summed E-state index contributed by atoms with van der Waals surface area (Å²) < 4.78 is 4.89. The second-order valence-electron chi connectivity index (χ2n) is 5.31. The van der Waals surface area contributed by atoms with Crippen molar-refractivity contribution in [3.05, 3.63) is 11.8 Å². The van der Waals surface area contributed by atoms with Gasteiger partial charge in [-0.15, -0.1) is 0 Å². The minimum absolute atomic E-state index is 0.0731. The van der Waals surface area contributed by atoms with E-state index in [9.17, 15) is 14.9 Å². The van der Waals surface area contributed by atoms with Crippen LogP contribution in [0.25, 0.3) is 0 Å². The SMILES string of the molecule is CCOC(=O)N(/C=C(/C#N)C(=O)N1CCC(C)CC1)CCN. The van der Waals surface area contributed by atoms with E-state index >= 15 is 0 Å². The Morgan fingerprint density at radius 2 is 2.09 bits per heavy atom. The van der Waals surface area contributed by atoms with Crippen LogP contribution in [0.5, 0.6) is 0 Å².